The van der Waals surface area contributed by atoms with Gasteiger partial charge in [-0.2, -0.15) is 0 Å². The summed E-state index contributed by atoms with van der Waals surface area (Å²) in [4.78, 5) is 50.2. The molecule has 0 fully saturated rings. The summed E-state index contributed by atoms with van der Waals surface area (Å²) in [5, 5.41) is 2.00. The highest BCUT2D eigenvalue weighted by Gasteiger charge is 2.41. The van der Waals surface area contributed by atoms with Crippen LogP contribution >= 0.6 is 46.4 Å². The van der Waals surface area contributed by atoms with E-state index in [9.17, 15) is 19.2 Å². The molecule has 0 bridgehead atoms. The molecule has 32 heavy (non-hydrogen) atoms. The fourth-order valence-corrected chi connectivity index (χ4v) is 4.17. The summed E-state index contributed by atoms with van der Waals surface area (Å²) in [6.45, 7) is 1.14. The van der Waals surface area contributed by atoms with Gasteiger partial charge in [0.05, 0.1) is 37.6 Å². The molecular formula is C21H16Cl4N2O5. The highest BCUT2D eigenvalue weighted by Crippen LogP contribution is 2.44. The number of para-hydroxylation sites is 1. The number of carbonyl (C=O) groups is 4. The first-order chi connectivity index (χ1) is 15.2. The minimum absolute atomic E-state index is 0.143. The number of nitrogens with one attached hydrogen (secondary N) is 1. The lowest BCUT2D eigenvalue weighted by atomic mass is 10.1. The molecule has 11 heteroatoms. The molecule has 1 aliphatic heterocycles. The molecule has 1 N–H and O–H groups in total. The fourth-order valence-electron chi connectivity index (χ4n) is 3.16. The summed E-state index contributed by atoms with van der Waals surface area (Å²) >= 11 is 24.1. The Morgan fingerprint density at radius 3 is 2.06 bits per heavy atom. The highest BCUT2D eigenvalue weighted by molar-refractivity contribution is 6.55. The zero-order valence-corrected chi connectivity index (χ0v) is 19.7. The van der Waals surface area contributed by atoms with Gasteiger partial charge in [0.2, 0.25) is 0 Å². The topological polar surface area (TPSA) is 92.8 Å². The number of anilines is 1. The molecule has 0 saturated carbocycles. The van der Waals surface area contributed by atoms with Gasteiger partial charge in [-0.1, -0.05) is 71.5 Å². The van der Waals surface area contributed by atoms with Crippen LogP contribution in [0.2, 0.25) is 20.1 Å². The first kappa shape index (κ1) is 24.3. The second-order valence-electron chi connectivity index (χ2n) is 6.74. The van der Waals surface area contributed by atoms with Crippen molar-refractivity contribution >= 4 is 75.8 Å². The number of halogens is 4. The van der Waals surface area contributed by atoms with Crippen LogP contribution in [-0.2, 0) is 20.7 Å². The van der Waals surface area contributed by atoms with Crippen molar-refractivity contribution in [3.63, 3.8) is 0 Å². The minimum atomic E-state index is -0.770. The van der Waals surface area contributed by atoms with Crippen LogP contribution in [0, 0.1) is 0 Å². The minimum Gasteiger partial charge on any atom is -0.456 e. The first-order valence-corrected chi connectivity index (χ1v) is 10.9. The van der Waals surface area contributed by atoms with Crippen LogP contribution in [0.3, 0.4) is 0 Å². The maximum Gasteiger partial charge on any atom is 0.308 e. The number of carbonyl (C=O) groups excluding carboxylic acids is 4. The van der Waals surface area contributed by atoms with Gasteiger partial charge in [-0.25, -0.2) is 0 Å². The molecule has 168 valence electrons. The lowest BCUT2D eigenvalue weighted by molar-refractivity contribution is -0.147. The molecule has 0 atom stereocenters. The normalized spacial score (nSPS) is 12.7. The Bertz CT molecular complexity index is 1090. The lowest BCUT2D eigenvalue weighted by Gasteiger charge is -2.13. The number of benzene rings is 2. The van der Waals surface area contributed by atoms with Crippen molar-refractivity contribution in [1.29, 1.82) is 0 Å². The molecule has 7 nitrogen and oxygen atoms in total. The van der Waals surface area contributed by atoms with Crippen molar-refractivity contribution in [3.05, 3.63) is 61.0 Å². The predicted octanol–water partition coefficient (Wildman–Crippen LogP) is 5.03. The molecule has 0 aromatic heterocycles. The first-order valence-electron chi connectivity index (χ1n) is 9.42. The van der Waals surface area contributed by atoms with E-state index in [-0.39, 0.29) is 44.2 Å². The Hall–Kier alpha value is -2.32. The van der Waals surface area contributed by atoms with E-state index in [0.29, 0.717) is 5.69 Å². The Morgan fingerprint density at radius 1 is 0.938 bits per heavy atom. The lowest BCUT2D eigenvalue weighted by Crippen LogP contribution is -2.32. The number of rotatable bonds is 7. The molecule has 2 aromatic rings. The summed E-state index contributed by atoms with van der Waals surface area (Å²) in [7, 11) is 0. The molecule has 0 spiro atoms. The van der Waals surface area contributed by atoms with Crippen molar-refractivity contribution in [1.82, 2.24) is 4.90 Å². The van der Waals surface area contributed by atoms with Gasteiger partial charge in [-0.15, -0.1) is 0 Å². The van der Waals surface area contributed by atoms with E-state index in [1.165, 1.54) is 0 Å². The number of amides is 3. The third kappa shape index (κ3) is 4.71. The third-order valence-corrected chi connectivity index (χ3v) is 6.56. The summed E-state index contributed by atoms with van der Waals surface area (Å²) < 4.78 is 4.95. The number of aryl methyl sites for hydroxylation is 1. The average molecular weight is 518 g/mol. The highest BCUT2D eigenvalue weighted by atomic mass is 35.5. The van der Waals surface area contributed by atoms with Gasteiger partial charge in [0.25, 0.3) is 17.7 Å². The second-order valence-corrected chi connectivity index (χ2v) is 8.25. The predicted molar refractivity (Wildman–Crippen MR) is 122 cm³/mol. The molecule has 3 rings (SSSR count). The van der Waals surface area contributed by atoms with Crippen LogP contribution in [0.15, 0.2) is 24.3 Å². The zero-order valence-electron chi connectivity index (χ0n) is 16.6. The molecule has 1 heterocycles. The third-order valence-electron chi connectivity index (χ3n) is 4.76. The monoisotopic (exact) mass is 516 g/mol. The van der Waals surface area contributed by atoms with E-state index in [2.05, 4.69) is 5.32 Å². The number of ether oxygens (including phenoxy) is 1. The number of hydrogen-bond acceptors (Lipinski definition) is 5. The molecule has 3 amide bonds. The van der Waals surface area contributed by atoms with Crippen molar-refractivity contribution in [3.8, 4) is 0 Å². The van der Waals surface area contributed by atoms with Crippen molar-refractivity contribution in [2.45, 2.75) is 19.8 Å². The maximum absolute atomic E-state index is 12.6. The Labute approximate surface area is 203 Å². The van der Waals surface area contributed by atoms with Gasteiger partial charge in [0.15, 0.2) is 6.61 Å². The zero-order chi connectivity index (χ0) is 23.6. The van der Waals surface area contributed by atoms with E-state index < -0.39 is 30.3 Å². The van der Waals surface area contributed by atoms with Gasteiger partial charge < -0.3 is 10.1 Å². The standard InChI is InChI=1S/C21H16Cl4N2O5/c1-2-10-5-3-4-6-11(10)26-12(28)9-32-13(29)7-8-27-20(30)14-15(21(27)31)17(23)19(25)18(24)16(14)22/h3-6H,2,7-9H2,1H3,(H,26,28). The summed E-state index contributed by atoms with van der Waals surface area (Å²) in [5.41, 5.74) is 1.24. The van der Waals surface area contributed by atoms with Crippen molar-refractivity contribution in [2.24, 2.45) is 0 Å². The van der Waals surface area contributed by atoms with Crippen LogP contribution in [0.25, 0.3) is 0 Å². The Morgan fingerprint density at radius 2 is 1.50 bits per heavy atom. The largest absolute Gasteiger partial charge is 0.456 e. The fraction of sp³-hybridized carbons (Fsp3) is 0.238. The summed E-state index contributed by atoms with van der Waals surface area (Å²) in [6.07, 6.45) is 0.391. The number of nitrogens with zero attached hydrogens (tertiary/aromatic N) is 1. The number of fused-ring (bicyclic) bond motifs is 1. The van der Waals surface area contributed by atoms with Crippen LogP contribution in [-0.4, -0.2) is 41.7 Å². The van der Waals surface area contributed by atoms with Crippen LogP contribution in [0.4, 0.5) is 5.69 Å². The smallest absolute Gasteiger partial charge is 0.308 e. The molecule has 0 saturated heterocycles. The summed E-state index contributed by atoms with van der Waals surface area (Å²) in [5.74, 6) is -2.79. The van der Waals surface area contributed by atoms with Crippen LogP contribution in [0.1, 0.15) is 39.6 Å². The van der Waals surface area contributed by atoms with Crippen LogP contribution in [0.5, 0.6) is 0 Å². The second kappa shape index (κ2) is 10.1. The Kier molecular flexibility index (Phi) is 7.67. The average Bonchev–Trinajstić information content (AvgIpc) is 3.03. The molecular weight excluding hydrogens is 502 g/mol. The van der Waals surface area contributed by atoms with Gasteiger partial charge in [0, 0.05) is 12.2 Å². The van der Waals surface area contributed by atoms with Crippen LogP contribution < -0.4 is 5.32 Å². The number of imide groups is 1. The number of hydrogen-bond donors (Lipinski definition) is 1. The Balaban J connectivity index is 1.58. The van der Waals surface area contributed by atoms with E-state index in [1.54, 1.807) is 12.1 Å². The van der Waals surface area contributed by atoms with E-state index >= 15 is 0 Å². The maximum atomic E-state index is 12.6. The van der Waals surface area contributed by atoms with Gasteiger partial charge in [0.1, 0.15) is 0 Å². The molecule has 0 unspecified atom stereocenters. The van der Waals surface area contributed by atoms with E-state index in [4.69, 9.17) is 51.1 Å². The molecule has 2 aromatic carbocycles. The number of esters is 1. The molecule has 0 radical (unpaired) electrons. The van der Waals surface area contributed by atoms with Gasteiger partial charge >= 0.3 is 5.97 Å². The van der Waals surface area contributed by atoms with E-state index in [1.807, 2.05) is 19.1 Å². The quantitative estimate of drug-likeness (QED) is 0.240. The van der Waals surface area contributed by atoms with Crippen molar-refractivity contribution in [2.75, 3.05) is 18.5 Å². The SMILES string of the molecule is CCc1ccccc1NC(=O)COC(=O)CCN1C(=O)c2c(Cl)c(Cl)c(Cl)c(Cl)c2C1=O. The molecule has 1 aliphatic rings. The van der Waals surface area contributed by atoms with E-state index in [0.717, 1.165) is 16.9 Å². The van der Waals surface area contributed by atoms with Gasteiger partial charge in [-0.3, -0.25) is 24.1 Å². The summed E-state index contributed by atoms with van der Waals surface area (Å²) in [6, 6.07) is 7.26. The van der Waals surface area contributed by atoms with Crippen molar-refractivity contribution < 1.29 is 23.9 Å². The molecule has 0 aliphatic carbocycles. The van der Waals surface area contributed by atoms with Gasteiger partial charge in [-0.05, 0) is 18.1 Å².